The van der Waals surface area contributed by atoms with Crippen molar-refractivity contribution in [3.63, 3.8) is 0 Å². The van der Waals surface area contributed by atoms with Crippen LogP contribution >= 0.6 is 11.6 Å². The van der Waals surface area contributed by atoms with E-state index in [0.29, 0.717) is 0 Å². The van der Waals surface area contributed by atoms with E-state index < -0.39 is 0 Å². The van der Waals surface area contributed by atoms with E-state index in [0.717, 1.165) is 49.4 Å². The molecule has 2 heterocycles. The zero-order valence-corrected chi connectivity index (χ0v) is 11.7. The van der Waals surface area contributed by atoms with Crippen LogP contribution in [0, 0.1) is 0 Å². The zero-order valence-electron chi connectivity index (χ0n) is 10.9. The summed E-state index contributed by atoms with van der Waals surface area (Å²) in [6, 6.07) is 8.13. The third kappa shape index (κ3) is 2.63. The van der Waals surface area contributed by atoms with E-state index in [4.69, 9.17) is 11.6 Å². The Morgan fingerprint density at radius 2 is 2.21 bits per heavy atom. The Balaban J connectivity index is 1.79. The maximum absolute atomic E-state index is 12.5. The second-order valence-electron chi connectivity index (χ2n) is 5.39. The summed E-state index contributed by atoms with van der Waals surface area (Å²) in [5.41, 5.74) is 1.16. The Morgan fingerprint density at radius 3 is 2.95 bits per heavy atom. The summed E-state index contributed by atoms with van der Waals surface area (Å²) in [5, 5.41) is 4.05. The van der Waals surface area contributed by atoms with E-state index in [-0.39, 0.29) is 18.0 Å². The lowest BCUT2D eigenvalue weighted by Crippen LogP contribution is -2.43. The van der Waals surface area contributed by atoms with Crippen LogP contribution in [0.4, 0.5) is 0 Å². The van der Waals surface area contributed by atoms with Gasteiger partial charge in [0.25, 0.3) is 0 Å². The van der Waals surface area contributed by atoms with Crippen LogP contribution in [0.25, 0.3) is 0 Å². The predicted molar refractivity (Wildman–Crippen MR) is 76.2 cm³/mol. The van der Waals surface area contributed by atoms with Crippen LogP contribution in [0.15, 0.2) is 24.3 Å². The molecule has 0 radical (unpaired) electrons. The molecule has 2 saturated heterocycles. The molecule has 2 atom stereocenters. The van der Waals surface area contributed by atoms with Crippen LogP contribution in [-0.4, -0.2) is 29.9 Å². The van der Waals surface area contributed by atoms with Crippen molar-refractivity contribution in [2.24, 2.45) is 0 Å². The summed E-state index contributed by atoms with van der Waals surface area (Å²) in [6.45, 7) is 1.83. The van der Waals surface area contributed by atoms with Crippen molar-refractivity contribution < 1.29 is 4.79 Å². The fourth-order valence-corrected chi connectivity index (χ4v) is 3.39. The van der Waals surface area contributed by atoms with Gasteiger partial charge in [-0.3, -0.25) is 4.79 Å². The highest BCUT2D eigenvalue weighted by atomic mass is 35.5. The van der Waals surface area contributed by atoms with Gasteiger partial charge in [-0.25, -0.2) is 0 Å². The van der Waals surface area contributed by atoms with E-state index in [1.54, 1.807) is 0 Å². The molecule has 1 unspecified atom stereocenters. The number of benzene rings is 1. The predicted octanol–water partition coefficient (Wildman–Crippen LogP) is 2.76. The van der Waals surface area contributed by atoms with E-state index in [9.17, 15) is 4.79 Å². The minimum Gasteiger partial charge on any atom is -0.334 e. The Morgan fingerprint density at radius 1 is 1.32 bits per heavy atom. The second kappa shape index (κ2) is 5.51. The van der Waals surface area contributed by atoms with Gasteiger partial charge in [0.05, 0.1) is 12.1 Å². The monoisotopic (exact) mass is 278 g/mol. The molecule has 0 spiro atoms. The summed E-state index contributed by atoms with van der Waals surface area (Å²) in [6.07, 6.45) is 4.19. The van der Waals surface area contributed by atoms with E-state index in [1.165, 1.54) is 0 Å². The third-order valence-corrected chi connectivity index (χ3v) is 4.36. The number of amides is 1. The van der Waals surface area contributed by atoms with Crippen LogP contribution in [0.3, 0.4) is 0 Å². The van der Waals surface area contributed by atoms with Gasteiger partial charge in [-0.15, -0.1) is 0 Å². The lowest BCUT2D eigenvalue weighted by molar-refractivity contribution is -0.134. The van der Waals surface area contributed by atoms with Gasteiger partial charge in [0, 0.05) is 11.6 Å². The van der Waals surface area contributed by atoms with Gasteiger partial charge in [0.2, 0.25) is 5.91 Å². The molecule has 1 amide bonds. The number of hydrogen-bond acceptors (Lipinski definition) is 2. The molecule has 2 aliphatic heterocycles. The molecule has 0 bridgehead atoms. The summed E-state index contributed by atoms with van der Waals surface area (Å²) in [5.74, 6) is 0.264. The van der Waals surface area contributed by atoms with Crippen molar-refractivity contribution in [2.75, 3.05) is 13.1 Å². The molecule has 0 saturated carbocycles. The van der Waals surface area contributed by atoms with E-state index in [2.05, 4.69) is 11.4 Å². The van der Waals surface area contributed by atoms with Crippen LogP contribution in [0.1, 0.15) is 37.3 Å². The van der Waals surface area contributed by atoms with Gasteiger partial charge >= 0.3 is 0 Å². The smallest absolute Gasteiger partial charge is 0.240 e. The summed E-state index contributed by atoms with van der Waals surface area (Å²) in [7, 11) is 0. The lowest BCUT2D eigenvalue weighted by atomic mass is 10.0. The fraction of sp³-hybridized carbons (Fsp3) is 0.533. The number of nitrogens with zero attached hydrogens (tertiary/aromatic N) is 1. The number of hydrogen-bond donors (Lipinski definition) is 1. The standard InChI is InChI=1S/C15H19ClN2O/c16-12-5-1-4-11(10-12)14-7-3-9-18(14)15(19)13-6-2-8-17-13/h1,4-5,10,13-14,17H,2-3,6-9H2/t13-,14?/m1/s1. The van der Waals surface area contributed by atoms with Crippen molar-refractivity contribution in [1.82, 2.24) is 10.2 Å². The molecule has 2 fully saturated rings. The number of carbonyl (C=O) groups excluding carboxylic acids is 1. The Labute approximate surface area is 118 Å². The molecule has 1 aromatic carbocycles. The first-order chi connectivity index (χ1) is 9.25. The minimum atomic E-state index is 0.0276. The van der Waals surface area contributed by atoms with Gasteiger partial charge in [0.1, 0.15) is 0 Å². The number of nitrogens with one attached hydrogen (secondary N) is 1. The molecular weight excluding hydrogens is 260 g/mol. The first-order valence-electron chi connectivity index (χ1n) is 7.05. The molecule has 19 heavy (non-hydrogen) atoms. The van der Waals surface area contributed by atoms with Gasteiger partial charge < -0.3 is 10.2 Å². The lowest BCUT2D eigenvalue weighted by Gasteiger charge is -2.28. The maximum Gasteiger partial charge on any atom is 0.240 e. The number of likely N-dealkylation sites (tertiary alicyclic amines) is 1. The molecule has 102 valence electrons. The Kier molecular flexibility index (Phi) is 3.76. The summed E-state index contributed by atoms with van der Waals surface area (Å²) >= 11 is 6.06. The van der Waals surface area contributed by atoms with E-state index in [1.807, 2.05) is 23.1 Å². The van der Waals surface area contributed by atoms with E-state index >= 15 is 0 Å². The van der Waals surface area contributed by atoms with Crippen molar-refractivity contribution in [2.45, 2.75) is 37.8 Å². The second-order valence-corrected chi connectivity index (χ2v) is 5.83. The van der Waals surface area contributed by atoms with Crippen LogP contribution in [0.5, 0.6) is 0 Å². The quantitative estimate of drug-likeness (QED) is 0.902. The minimum absolute atomic E-state index is 0.0276. The number of rotatable bonds is 2. The van der Waals surface area contributed by atoms with Crippen molar-refractivity contribution in [1.29, 1.82) is 0 Å². The van der Waals surface area contributed by atoms with Gasteiger partial charge in [-0.1, -0.05) is 23.7 Å². The number of halogens is 1. The van der Waals surface area contributed by atoms with Crippen molar-refractivity contribution >= 4 is 17.5 Å². The zero-order chi connectivity index (χ0) is 13.2. The largest absolute Gasteiger partial charge is 0.334 e. The molecular formula is C15H19ClN2O. The molecule has 0 aromatic heterocycles. The topological polar surface area (TPSA) is 32.3 Å². The van der Waals surface area contributed by atoms with Crippen LogP contribution in [0.2, 0.25) is 5.02 Å². The maximum atomic E-state index is 12.5. The average Bonchev–Trinajstić information content (AvgIpc) is 3.09. The van der Waals surface area contributed by atoms with Crippen LogP contribution < -0.4 is 5.32 Å². The molecule has 4 heteroatoms. The molecule has 3 nitrogen and oxygen atoms in total. The Bertz CT molecular complexity index is 471. The molecule has 1 N–H and O–H groups in total. The highest BCUT2D eigenvalue weighted by Crippen LogP contribution is 2.33. The van der Waals surface area contributed by atoms with Crippen molar-refractivity contribution in [3.05, 3.63) is 34.9 Å². The van der Waals surface area contributed by atoms with Crippen molar-refractivity contribution in [3.8, 4) is 0 Å². The number of carbonyl (C=O) groups is 1. The SMILES string of the molecule is O=C([C@H]1CCCN1)N1CCCC1c1cccc(Cl)c1. The molecule has 3 rings (SSSR count). The van der Waals surface area contributed by atoms with Gasteiger partial charge in [-0.05, 0) is 49.9 Å². The highest BCUT2D eigenvalue weighted by molar-refractivity contribution is 6.30. The third-order valence-electron chi connectivity index (χ3n) is 4.13. The van der Waals surface area contributed by atoms with Gasteiger partial charge in [0.15, 0.2) is 0 Å². The molecule has 0 aliphatic carbocycles. The average molecular weight is 279 g/mol. The molecule has 1 aromatic rings. The van der Waals surface area contributed by atoms with Gasteiger partial charge in [-0.2, -0.15) is 0 Å². The summed E-state index contributed by atoms with van der Waals surface area (Å²) in [4.78, 5) is 14.6. The highest BCUT2D eigenvalue weighted by Gasteiger charge is 2.34. The summed E-state index contributed by atoms with van der Waals surface area (Å²) < 4.78 is 0. The first-order valence-corrected chi connectivity index (χ1v) is 7.43. The normalized spacial score (nSPS) is 26.9. The van der Waals surface area contributed by atoms with Crippen LogP contribution in [-0.2, 0) is 4.79 Å². The Hall–Kier alpha value is -1.06. The fourth-order valence-electron chi connectivity index (χ4n) is 3.19. The molecule has 2 aliphatic rings. The first kappa shape index (κ1) is 12.9.